The Bertz CT molecular complexity index is 409. The van der Waals surface area contributed by atoms with Crippen LogP contribution in [-0.2, 0) is 27.5 Å². The number of rotatable bonds is 5. The highest BCUT2D eigenvalue weighted by molar-refractivity contribution is 5.86. The van der Waals surface area contributed by atoms with Gasteiger partial charge in [-0.3, -0.25) is 9.59 Å². The molecule has 0 aliphatic rings. The third-order valence-electron chi connectivity index (χ3n) is 2.12. The molecule has 0 bridgehead atoms. The molecule has 0 aliphatic heterocycles. The quantitative estimate of drug-likeness (QED) is 0.620. The van der Waals surface area contributed by atoms with Crippen molar-refractivity contribution in [3.8, 4) is 0 Å². The zero-order valence-corrected chi connectivity index (χ0v) is 9.73. The fourth-order valence-electron chi connectivity index (χ4n) is 1.20. The van der Waals surface area contributed by atoms with Crippen molar-refractivity contribution >= 4 is 11.9 Å². The van der Waals surface area contributed by atoms with Crippen molar-refractivity contribution in [2.45, 2.75) is 20.1 Å². The number of hydrogen-bond donors (Lipinski definition) is 1. The first-order chi connectivity index (χ1) is 8.11. The maximum absolute atomic E-state index is 10.9. The van der Waals surface area contributed by atoms with Crippen LogP contribution in [0.15, 0.2) is 36.9 Å². The van der Waals surface area contributed by atoms with Crippen LogP contribution in [0.4, 0.5) is 0 Å². The zero-order valence-electron chi connectivity index (χ0n) is 9.73. The van der Waals surface area contributed by atoms with Crippen molar-refractivity contribution < 1.29 is 14.3 Å². The molecule has 0 aliphatic carbocycles. The van der Waals surface area contributed by atoms with Crippen molar-refractivity contribution in [2.24, 2.45) is 0 Å². The van der Waals surface area contributed by atoms with Crippen molar-refractivity contribution in [1.29, 1.82) is 0 Å². The predicted octanol–water partition coefficient (Wildman–Crippen LogP) is 1.55. The molecule has 0 radical (unpaired) electrons. The summed E-state index contributed by atoms with van der Waals surface area (Å²) in [6, 6.07) is 7.47. The SMILES string of the molecule is C=CC(=O)NCc1ccc(COC(C)=O)cc1. The van der Waals surface area contributed by atoms with Gasteiger partial charge >= 0.3 is 5.97 Å². The van der Waals surface area contributed by atoms with Gasteiger partial charge in [0.1, 0.15) is 6.61 Å². The van der Waals surface area contributed by atoms with E-state index in [-0.39, 0.29) is 18.5 Å². The molecular weight excluding hydrogens is 218 g/mol. The van der Waals surface area contributed by atoms with E-state index >= 15 is 0 Å². The van der Waals surface area contributed by atoms with Crippen LogP contribution in [0.5, 0.6) is 0 Å². The fraction of sp³-hybridized carbons (Fsp3) is 0.231. The van der Waals surface area contributed by atoms with E-state index in [9.17, 15) is 9.59 Å². The summed E-state index contributed by atoms with van der Waals surface area (Å²) < 4.78 is 4.86. The monoisotopic (exact) mass is 233 g/mol. The maximum atomic E-state index is 10.9. The average Bonchev–Trinajstić information content (AvgIpc) is 2.34. The number of amides is 1. The van der Waals surface area contributed by atoms with E-state index in [1.807, 2.05) is 24.3 Å². The number of hydrogen-bond acceptors (Lipinski definition) is 3. The van der Waals surface area contributed by atoms with Crippen LogP contribution in [-0.4, -0.2) is 11.9 Å². The van der Waals surface area contributed by atoms with Crippen molar-refractivity contribution in [2.75, 3.05) is 0 Å². The minimum atomic E-state index is -0.299. The third-order valence-corrected chi connectivity index (χ3v) is 2.12. The van der Waals surface area contributed by atoms with E-state index in [0.29, 0.717) is 6.54 Å². The maximum Gasteiger partial charge on any atom is 0.302 e. The molecular formula is C13H15NO3. The van der Waals surface area contributed by atoms with Crippen LogP contribution in [0.1, 0.15) is 18.1 Å². The largest absolute Gasteiger partial charge is 0.461 e. The highest BCUT2D eigenvalue weighted by Crippen LogP contribution is 2.05. The number of ether oxygens (including phenoxy) is 1. The van der Waals surface area contributed by atoms with Gasteiger partial charge in [-0.05, 0) is 17.2 Å². The van der Waals surface area contributed by atoms with Gasteiger partial charge in [0.15, 0.2) is 0 Å². The van der Waals surface area contributed by atoms with Crippen molar-refractivity contribution in [3.63, 3.8) is 0 Å². The highest BCUT2D eigenvalue weighted by Gasteiger charge is 1.98. The van der Waals surface area contributed by atoms with Gasteiger partial charge in [0.25, 0.3) is 0 Å². The standard InChI is InChI=1S/C13H15NO3/c1-3-13(16)14-8-11-4-6-12(7-5-11)9-17-10(2)15/h3-7H,1,8-9H2,2H3,(H,14,16). The van der Waals surface area contributed by atoms with Gasteiger partial charge in [-0.15, -0.1) is 0 Å². The lowest BCUT2D eigenvalue weighted by atomic mass is 10.1. The molecule has 0 saturated carbocycles. The van der Waals surface area contributed by atoms with Gasteiger partial charge in [-0.1, -0.05) is 30.8 Å². The van der Waals surface area contributed by atoms with Crippen molar-refractivity contribution in [3.05, 3.63) is 48.0 Å². The molecule has 1 N–H and O–H groups in total. The third kappa shape index (κ3) is 4.97. The summed E-state index contributed by atoms with van der Waals surface area (Å²) in [6.45, 7) is 5.47. The Kier molecular flexibility index (Phi) is 4.94. The fourth-order valence-corrected chi connectivity index (χ4v) is 1.20. The van der Waals surface area contributed by atoms with Crippen LogP contribution in [0.3, 0.4) is 0 Å². The molecule has 1 amide bonds. The lowest BCUT2D eigenvalue weighted by Gasteiger charge is -2.05. The summed E-state index contributed by atoms with van der Waals surface area (Å²) in [5.74, 6) is -0.499. The summed E-state index contributed by atoms with van der Waals surface area (Å²) in [5.41, 5.74) is 1.89. The number of benzene rings is 1. The summed E-state index contributed by atoms with van der Waals surface area (Å²) in [4.78, 5) is 21.6. The number of carbonyl (C=O) groups excluding carboxylic acids is 2. The Morgan fingerprint density at radius 2 is 1.88 bits per heavy atom. The molecule has 1 rings (SSSR count). The summed E-state index contributed by atoms with van der Waals surface area (Å²) in [7, 11) is 0. The molecule has 90 valence electrons. The average molecular weight is 233 g/mol. The Morgan fingerprint density at radius 3 is 2.41 bits per heavy atom. The van der Waals surface area contributed by atoms with Gasteiger partial charge in [-0.25, -0.2) is 0 Å². The molecule has 0 atom stereocenters. The Labute approximate surface area is 100 Å². The summed E-state index contributed by atoms with van der Waals surface area (Å²) in [6.07, 6.45) is 1.23. The van der Waals surface area contributed by atoms with Gasteiger partial charge in [0.05, 0.1) is 0 Å². The molecule has 0 aromatic heterocycles. The van der Waals surface area contributed by atoms with Crippen LogP contribution >= 0.6 is 0 Å². The molecule has 0 unspecified atom stereocenters. The normalized spacial score (nSPS) is 9.47. The molecule has 1 aromatic rings. The highest BCUT2D eigenvalue weighted by atomic mass is 16.5. The second-order valence-electron chi connectivity index (χ2n) is 3.52. The van der Waals surface area contributed by atoms with Crippen LogP contribution in [0, 0.1) is 0 Å². The second kappa shape index (κ2) is 6.48. The zero-order chi connectivity index (χ0) is 12.7. The lowest BCUT2D eigenvalue weighted by molar-refractivity contribution is -0.142. The van der Waals surface area contributed by atoms with Crippen LogP contribution < -0.4 is 5.32 Å². The molecule has 17 heavy (non-hydrogen) atoms. The number of carbonyl (C=O) groups is 2. The van der Waals surface area contributed by atoms with E-state index in [4.69, 9.17) is 4.74 Å². The van der Waals surface area contributed by atoms with Gasteiger partial charge in [0.2, 0.25) is 5.91 Å². The van der Waals surface area contributed by atoms with Crippen molar-refractivity contribution in [1.82, 2.24) is 5.32 Å². The molecule has 0 spiro atoms. The first-order valence-corrected chi connectivity index (χ1v) is 5.23. The number of esters is 1. The minimum Gasteiger partial charge on any atom is -0.461 e. The predicted molar refractivity (Wildman–Crippen MR) is 64.0 cm³/mol. The Hall–Kier alpha value is -2.10. The molecule has 0 fully saturated rings. The summed E-state index contributed by atoms with van der Waals surface area (Å²) in [5, 5.41) is 2.68. The van der Waals surface area contributed by atoms with E-state index in [0.717, 1.165) is 11.1 Å². The topological polar surface area (TPSA) is 55.4 Å². The molecule has 1 aromatic carbocycles. The molecule has 4 heteroatoms. The van der Waals surface area contributed by atoms with E-state index in [1.165, 1.54) is 13.0 Å². The Balaban J connectivity index is 2.47. The van der Waals surface area contributed by atoms with Crippen LogP contribution in [0.25, 0.3) is 0 Å². The second-order valence-corrected chi connectivity index (χ2v) is 3.52. The minimum absolute atomic E-state index is 0.200. The van der Waals surface area contributed by atoms with Gasteiger partial charge < -0.3 is 10.1 Å². The van der Waals surface area contributed by atoms with Crippen LogP contribution in [0.2, 0.25) is 0 Å². The lowest BCUT2D eigenvalue weighted by Crippen LogP contribution is -2.19. The summed E-state index contributed by atoms with van der Waals surface area (Å²) >= 11 is 0. The number of nitrogens with one attached hydrogen (secondary N) is 1. The van der Waals surface area contributed by atoms with E-state index in [1.54, 1.807) is 0 Å². The van der Waals surface area contributed by atoms with Gasteiger partial charge in [0, 0.05) is 13.5 Å². The smallest absolute Gasteiger partial charge is 0.302 e. The molecule has 0 saturated heterocycles. The first kappa shape index (κ1) is 13.0. The first-order valence-electron chi connectivity index (χ1n) is 5.23. The molecule has 0 heterocycles. The Morgan fingerprint density at radius 1 is 1.29 bits per heavy atom. The molecule has 4 nitrogen and oxygen atoms in total. The van der Waals surface area contributed by atoms with E-state index < -0.39 is 0 Å². The van der Waals surface area contributed by atoms with E-state index in [2.05, 4.69) is 11.9 Å². The van der Waals surface area contributed by atoms with Gasteiger partial charge in [-0.2, -0.15) is 0 Å².